The molecule has 154 valence electrons. The zero-order chi connectivity index (χ0) is 21.5. The van der Waals surface area contributed by atoms with Crippen LogP contribution < -0.4 is 10.6 Å². The number of ether oxygens (including phenoxy) is 1. The van der Waals surface area contributed by atoms with Gasteiger partial charge in [-0.1, -0.05) is 54.1 Å². The van der Waals surface area contributed by atoms with E-state index in [1.807, 2.05) is 55.5 Å². The van der Waals surface area contributed by atoms with Gasteiger partial charge in [-0.05, 0) is 41.8 Å². The van der Waals surface area contributed by atoms with Crippen LogP contribution >= 0.6 is 0 Å². The summed E-state index contributed by atoms with van der Waals surface area (Å²) in [5.41, 5.74) is 2.84. The fourth-order valence-corrected chi connectivity index (χ4v) is 3.10. The van der Waals surface area contributed by atoms with Gasteiger partial charge >= 0.3 is 5.97 Å². The molecular weight excluding hydrogens is 380 g/mol. The van der Waals surface area contributed by atoms with Gasteiger partial charge in [0.2, 0.25) is 11.8 Å². The highest BCUT2D eigenvalue weighted by Crippen LogP contribution is 2.25. The Bertz CT molecular complexity index is 1070. The first-order valence-electron chi connectivity index (χ1n) is 9.69. The summed E-state index contributed by atoms with van der Waals surface area (Å²) in [6.07, 6.45) is 0.893. The number of benzene rings is 3. The van der Waals surface area contributed by atoms with E-state index in [-0.39, 0.29) is 18.0 Å². The van der Waals surface area contributed by atoms with Crippen LogP contribution in [-0.4, -0.2) is 31.4 Å². The lowest BCUT2D eigenvalue weighted by atomic mass is 10.0. The lowest BCUT2D eigenvalue weighted by Crippen LogP contribution is -2.33. The Morgan fingerprint density at radius 2 is 1.57 bits per heavy atom. The van der Waals surface area contributed by atoms with E-state index in [1.165, 1.54) is 12.7 Å². The van der Waals surface area contributed by atoms with Crippen LogP contribution in [0.1, 0.15) is 27.9 Å². The van der Waals surface area contributed by atoms with E-state index in [4.69, 9.17) is 4.74 Å². The monoisotopic (exact) mass is 404 g/mol. The molecule has 0 atom stereocenters. The van der Waals surface area contributed by atoms with Crippen LogP contribution in [0.3, 0.4) is 0 Å². The van der Waals surface area contributed by atoms with Crippen LogP contribution in [0.25, 0.3) is 10.8 Å². The van der Waals surface area contributed by atoms with Crippen LogP contribution in [0.4, 0.5) is 5.69 Å². The van der Waals surface area contributed by atoms with Crippen LogP contribution in [-0.2, 0) is 20.7 Å². The number of fused-ring (bicyclic) bond motifs is 1. The number of esters is 1. The van der Waals surface area contributed by atoms with E-state index in [0.717, 1.165) is 16.3 Å². The minimum atomic E-state index is -0.543. The van der Waals surface area contributed by atoms with Gasteiger partial charge in [0.25, 0.3) is 0 Å². The Balaban J connectivity index is 1.59. The molecule has 0 spiro atoms. The molecule has 0 heterocycles. The molecule has 0 bridgehead atoms. The van der Waals surface area contributed by atoms with E-state index in [2.05, 4.69) is 10.6 Å². The summed E-state index contributed by atoms with van der Waals surface area (Å²) in [5.74, 6) is -1.17. The number of aryl methyl sites for hydroxylation is 2. The third-order valence-corrected chi connectivity index (χ3v) is 4.77. The summed E-state index contributed by atoms with van der Waals surface area (Å²) in [6, 6.07) is 18.9. The fourth-order valence-electron chi connectivity index (χ4n) is 3.10. The van der Waals surface area contributed by atoms with Crippen molar-refractivity contribution >= 4 is 34.2 Å². The summed E-state index contributed by atoms with van der Waals surface area (Å²) >= 11 is 0. The van der Waals surface area contributed by atoms with Crippen molar-refractivity contribution in [1.29, 1.82) is 0 Å². The second-order valence-corrected chi connectivity index (χ2v) is 7.05. The molecule has 0 saturated heterocycles. The van der Waals surface area contributed by atoms with Gasteiger partial charge in [-0.3, -0.25) is 9.59 Å². The van der Waals surface area contributed by atoms with Crippen LogP contribution in [0.5, 0.6) is 0 Å². The molecule has 0 aliphatic rings. The number of methoxy groups -OCH3 is 1. The molecule has 0 aromatic heterocycles. The Hall–Kier alpha value is -3.67. The van der Waals surface area contributed by atoms with E-state index in [1.54, 1.807) is 12.1 Å². The molecule has 0 fully saturated rings. The highest BCUT2D eigenvalue weighted by atomic mass is 16.5. The molecule has 0 unspecified atom stereocenters. The number of nitrogens with one attached hydrogen (secondary N) is 2. The topological polar surface area (TPSA) is 84.5 Å². The van der Waals surface area contributed by atoms with Crippen molar-refractivity contribution in [3.05, 3.63) is 77.4 Å². The maximum atomic E-state index is 12.3. The van der Waals surface area contributed by atoms with E-state index in [9.17, 15) is 14.4 Å². The molecule has 0 aliphatic carbocycles. The third kappa shape index (κ3) is 5.44. The number of hydrogen-bond acceptors (Lipinski definition) is 4. The zero-order valence-electron chi connectivity index (χ0n) is 17.0. The highest BCUT2D eigenvalue weighted by Gasteiger charge is 2.16. The minimum Gasteiger partial charge on any atom is -0.465 e. The first kappa shape index (κ1) is 21.0. The number of amides is 2. The van der Waals surface area contributed by atoms with E-state index < -0.39 is 11.9 Å². The van der Waals surface area contributed by atoms with Crippen molar-refractivity contribution in [2.24, 2.45) is 0 Å². The molecule has 2 N–H and O–H groups in total. The molecule has 30 heavy (non-hydrogen) atoms. The first-order chi connectivity index (χ1) is 14.5. The molecule has 3 aromatic rings. The average molecular weight is 404 g/mol. The highest BCUT2D eigenvalue weighted by molar-refractivity contribution is 6.06. The Labute approximate surface area is 175 Å². The van der Waals surface area contributed by atoms with Crippen molar-refractivity contribution in [3.63, 3.8) is 0 Å². The summed E-state index contributed by atoms with van der Waals surface area (Å²) in [4.78, 5) is 36.5. The Morgan fingerprint density at radius 3 is 2.23 bits per heavy atom. The Morgan fingerprint density at radius 1 is 0.900 bits per heavy atom. The molecule has 2 amide bonds. The van der Waals surface area contributed by atoms with Crippen molar-refractivity contribution in [1.82, 2.24) is 5.32 Å². The van der Waals surface area contributed by atoms with Crippen molar-refractivity contribution in [3.8, 4) is 0 Å². The van der Waals surface area contributed by atoms with Gasteiger partial charge in [0.05, 0.1) is 24.9 Å². The van der Waals surface area contributed by atoms with Crippen molar-refractivity contribution in [2.75, 3.05) is 19.0 Å². The lowest BCUT2D eigenvalue weighted by Gasteiger charge is -2.12. The summed E-state index contributed by atoms with van der Waals surface area (Å²) in [6.45, 7) is 1.83. The van der Waals surface area contributed by atoms with Gasteiger partial charge in [-0.25, -0.2) is 4.79 Å². The number of carbonyl (C=O) groups is 3. The van der Waals surface area contributed by atoms with E-state index in [0.29, 0.717) is 18.5 Å². The predicted molar refractivity (Wildman–Crippen MR) is 116 cm³/mol. The number of anilines is 1. The Kier molecular flexibility index (Phi) is 6.80. The standard InChI is InChI=1S/C24H24N2O4/c1-16-7-9-17(10-8-16)11-12-22(27)25-15-23(28)26-21-14-19-6-4-3-5-18(19)13-20(21)24(29)30-2/h3-10,13-14H,11-12,15H2,1-2H3,(H,25,27)(H,26,28). The second-order valence-electron chi connectivity index (χ2n) is 7.05. The molecule has 3 aromatic carbocycles. The molecule has 0 saturated carbocycles. The molecule has 6 heteroatoms. The zero-order valence-corrected chi connectivity index (χ0v) is 17.0. The summed E-state index contributed by atoms with van der Waals surface area (Å²) < 4.78 is 4.83. The minimum absolute atomic E-state index is 0.180. The average Bonchev–Trinajstić information content (AvgIpc) is 2.76. The van der Waals surface area contributed by atoms with Crippen LogP contribution in [0.2, 0.25) is 0 Å². The first-order valence-corrected chi connectivity index (χ1v) is 9.69. The summed E-state index contributed by atoms with van der Waals surface area (Å²) in [7, 11) is 1.29. The largest absolute Gasteiger partial charge is 0.465 e. The second kappa shape index (κ2) is 9.69. The predicted octanol–water partition coefficient (Wildman–Crippen LogP) is 3.62. The maximum Gasteiger partial charge on any atom is 0.339 e. The third-order valence-electron chi connectivity index (χ3n) is 4.77. The molecule has 0 radical (unpaired) electrons. The van der Waals surface area contributed by atoms with Gasteiger partial charge in [0.1, 0.15) is 0 Å². The van der Waals surface area contributed by atoms with Crippen molar-refractivity contribution < 1.29 is 19.1 Å². The smallest absolute Gasteiger partial charge is 0.339 e. The molecule has 0 aliphatic heterocycles. The van der Waals surface area contributed by atoms with E-state index >= 15 is 0 Å². The van der Waals surface area contributed by atoms with Gasteiger partial charge in [0, 0.05) is 6.42 Å². The normalized spacial score (nSPS) is 10.5. The fraction of sp³-hybridized carbons (Fsp3) is 0.208. The molecular formula is C24H24N2O4. The van der Waals surface area contributed by atoms with Gasteiger partial charge in [-0.15, -0.1) is 0 Å². The van der Waals surface area contributed by atoms with Gasteiger partial charge in [0.15, 0.2) is 0 Å². The van der Waals surface area contributed by atoms with Crippen molar-refractivity contribution in [2.45, 2.75) is 19.8 Å². The SMILES string of the molecule is COC(=O)c1cc2ccccc2cc1NC(=O)CNC(=O)CCc1ccc(C)cc1. The van der Waals surface area contributed by atoms with Gasteiger partial charge < -0.3 is 15.4 Å². The van der Waals surface area contributed by atoms with Crippen LogP contribution in [0.15, 0.2) is 60.7 Å². The summed E-state index contributed by atoms with van der Waals surface area (Å²) in [5, 5.41) is 7.05. The quantitative estimate of drug-likeness (QED) is 0.589. The van der Waals surface area contributed by atoms with Gasteiger partial charge in [-0.2, -0.15) is 0 Å². The van der Waals surface area contributed by atoms with Crippen LogP contribution in [0, 0.1) is 6.92 Å². The number of carbonyl (C=O) groups excluding carboxylic acids is 3. The number of hydrogen-bond donors (Lipinski definition) is 2. The number of rotatable bonds is 7. The molecule has 3 rings (SSSR count). The maximum absolute atomic E-state index is 12.3. The lowest BCUT2D eigenvalue weighted by molar-refractivity contribution is -0.124. The molecule has 6 nitrogen and oxygen atoms in total.